The molecule has 4 heteroatoms. The van der Waals surface area contributed by atoms with Gasteiger partial charge >= 0.3 is 8.56 Å². The number of hydrogen-bond donors (Lipinski definition) is 1. The normalized spacial score (nSPS) is 12.0. The third-order valence-electron chi connectivity index (χ3n) is 1.73. The van der Waals surface area contributed by atoms with Crippen molar-refractivity contribution >= 4 is 8.56 Å². The Morgan fingerprint density at radius 3 is 2.00 bits per heavy atom. The molecule has 0 bridgehead atoms. The van der Waals surface area contributed by atoms with Crippen molar-refractivity contribution in [3.63, 3.8) is 0 Å². The van der Waals surface area contributed by atoms with Gasteiger partial charge in [0.15, 0.2) is 0 Å². The predicted octanol–water partition coefficient (Wildman–Crippen LogP) is 1.35. The van der Waals surface area contributed by atoms with E-state index in [-0.39, 0.29) is 0 Å². The van der Waals surface area contributed by atoms with Gasteiger partial charge in [0.05, 0.1) is 0 Å². The fourth-order valence-electron chi connectivity index (χ4n) is 1.15. The van der Waals surface area contributed by atoms with Crippen LogP contribution in [0.25, 0.3) is 0 Å². The van der Waals surface area contributed by atoms with Gasteiger partial charge in [-0.1, -0.05) is 0 Å². The molecule has 0 unspecified atom stereocenters. The Kier molecular flexibility index (Phi) is 6.65. The van der Waals surface area contributed by atoms with E-state index >= 15 is 0 Å². The number of hydrogen-bond acceptors (Lipinski definition) is 3. The second kappa shape index (κ2) is 6.60. The zero-order valence-electron chi connectivity index (χ0n) is 8.64. The van der Waals surface area contributed by atoms with Gasteiger partial charge in [0.1, 0.15) is 0 Å². The summed E-state index contributed by atoms with van der Waals surface area (Å²) in [6.45, 7) is 8.65. The summed E-state index contributed by atoms with van der Waals surface area (Å²) in [5.41, 5.74) is 0. The SMILES string of the molecule is CCO[Si](C)(CCNC)OCC. The van der Waals surface area contributed by atoms with E-state index in [9.17, 15) is 0 Å². The molecule has 12 heavy (non-hydrogen) atoms. The highest BCUT2D eigenvalue weighted by Crippen LogP contribution is 2.12. The predicted molar refractivity (Wildman–Crippen MR) is 53.6 cm³/mol. The molecule has 0 amide bonds. The number of nitrogens with one attached hydrogen (secondary N) is 1. The zero-order chi connectivity index (χ0) is 9.45. The van der Waals surface area contributed by atoms with E-state index in [1.54, 1.807) is 0 Å². The average Bonchev–Trinajstić information content (AvgIpc) is 2.02. The Balaban J connectivity index is 3.80. The highest BCUT2D eigenvalue weighted by Gasteiger charge is 2.29. The maximum atomic E-state index is 5.65. The van der Waals surface area contributed by atoms with E-state index in [0.29, 0.717) is 0 Å². The Morgan fingerprint density at radius 1 is 1.17 bits per heavy atom. The molecule has 0 aromatic rings. The first-order valence-electron chi connectivity index (χ1n) is 4.61. The van der Waals surface area contributed by atoms with Gasteiger partial charge in [-0.2, -0.15) is 0 Å². The summed E-state index contributed by atoms with van der Waals surface area (Å²) in [5, 5.41) is 3.11. The summed E-state index contributed by atoms with van der Waals surface area (Å²) in [7, 11) is 0.118. The Bertz CT molecular complexity index is 105. The monoisotopic (exact) mass is 191 g/mol. The van der Waals surface area contributed by atoms with E-state index < -0.39 is 8.56 Å². The van der Waals surface area contributed by atoms with Crippen LogP contribution in [0.1, 0.15) is 13.8 Å². The van der Waals surface area contributed by atoms with E-state index in [0.717, 1.165) is 25.8 Å². The molecule has 0 aliphatic heterocycles. The third kappa shape index (κ3) is 4.87. The molecule has 0 aromatic heterocycles. The lowest BCUT2D eigenvalue weighted by Gasteiger charge is -2.25. The van der Waals surface area contributed by atoms with E-state index in [1.165, 1.54) is 0 Å². The third-order valence-corrected chi connectivity index (χ3v) is 4.69. The first-order valence-corrected chi connectivity index (χ1v) is 7.13. The van der Waals surface area contributed by atoms with Gasteiger partial charge in [0.25, 0.3) is 0 Å². The molecule has 0 rings (SSSR count). The van der Waals surface area contributed by atoms with Crippen LogP contribution in [-0.2, 0) is 8.85 Å². The minimum atomic E-state index is -1.83. The topological polar surface area (TPSA) is 30.5 Å². The fraction of sp³-hybridized carbons (Fsp3) is 1.00. The van der Waals surface area contributed by atoms with Gasteiger partial charge in [0, 0.05) is 19.3 Å². The molecule has 0 radical (unpaired) electrons. The first-order chi connectivity index (χ1) is 5.68. The Hall–Kier alpha value is 0.0969. The van der Waals surface area contributed by atoms with E-state index in [1.807, 2.05) is 20.9 Å². The van der Waals surface area contributed by atoms with Crippen LogP contribution >= 0.6 is 0 Å². The number of rotatable bonds is 7. The van der Waals surface area contributed by atoms with E-state index in [2.05, 4.69) is 11.9 Å². The quantitative estimate of drug-likeness (QED) is 0.616. The highest BCUT2D eigenvalue weighted by atomic mass is 28.4. The van der Waals surface area contributed by atoms with Crippen LogP contribution in [0.3, 0.4) is 0 Å². The second-order valence-electron chi connectivity index (χ2n) is 2.85. The maximum absolute atomic E-state index is 5.65. The molecule has 1 N–H and O–H groups in total. The lowest BCUT2D eigenvalue weighted by molar-refractivity contribution is 0.189. The van der Waals surface area contributed by atoms with Crippen molar-refractivity contribution in [2.24, 2.45) is 0 Å². The van der Waals surface area contributed by atoms with Gasteiger partial charge < -0.3 is 14.2 Å². The summed E-state index contributed by atoms with van der Waals surface area (Å²) in [4.78, 5) is 0. The Labute approximate surface area is 76.7 Å². The summed E-state index contributed by atoms with van der Waals surface area (Å²) in [6, 6.07) is 1.02. The standard InChI is InChI=1S/C8H21NO2Si/c1-5-10-12(4,11-6-2)8-7-9-3/h9H,5-8H2,1-4H3. The van der Waals surface area contributed by atoms with Gasteiger partial charge in [-0.15, -0.1) is 0 Å². The molecule has 0 aliphatic carbocycles. The smallest absolute Gasteiger partial charge is 0.336 e. The molecule has 0 atom stereocenters. The Morgan fingerprint density at radius 2 is 1.67 bits per heavy atom. The van der Waals surface area contributed by atoms with Crippen molar-refractivity contribution in [1.29, 1.82) is 0 Å². The molecule has 0 spiro atoms. The van der Waals surface area contributed by atoms with Crippen LogP contribution in [0, 0.1) is 0 Å². The van der Waals surface area contributed by atoms with Crippen molar-refractivity contribution in [2.75, 3.05) is 26.8 Å². The van der Waals surface area contributed by atoms with Gasteiger partial charge in [-0.25, -0.2) is 0 Å². The molecule has 0 aliphatic rings. The molecule has 0 fully saturated rings. The minimum absolute atomic E-state index is 0.756. The van der Waals surface area contributed by atoms with Gasteiger partial charge in [0.2, 0.25) is 0 Å². The summed E-state index contributed by atoms with van der Waals surface area (Å²) < 4.78 is 11.3. The van der Waals surface area contributed by atoms with Crippen molar-refractivity contribution < 1.29 is 8.85 Å². The van der Waals surface area contributed by atoms with Crippen LogP contribution in [0.5, 0.6) is 0 Å². The van der Waals surface area contributed by atoms with Crippen molar-refractivity contribution in [3.8, 4) is 0 Å². The molecular weight excluding hydrogens is 170 g/mol. The molecular formula is C8H21NO2Si. The van der Waals surface area contributed by atoms with Crippen molar-refractivity contribution in [2.45, 2.75) is 26.4 Å². The highest BCUT2D eigenvalue weighted by molar-refractivity contribution is 6.66. The van der Waals surface area contributed by atoms with Crippen molar-refractivity contribution in [1.82, 2.24) is 5.32 Å². The minimum Gasteiger partial charge on any atom is -0.395 e. The first kappa shape index (κ1) is 12.1. The largest absolute Gasteiger partial charge is 0.395 e. The maximum Gasteiger partial charge on any atom is 0.336 e. The summed E-state index contributed by atoms with van der Waals surface area (Å²) in [6.07, 6.45) is 0. The van der Waals surface area contributed by atoms with Crippen LogP contribution in [0.15, 0.2) is 0 Å². The van der Waals surface area contributed by atoms with Crippen LogP contribution < -0.4 is 5.32 Å². The molecule has 3 nitrogen and oxygen atoms in total. The molecule has 0 heterocycles. The molecule has 74 valence electrons. The lowest BCUT2D eigenvalue weighted by Crippen LogP contribution is -2.41. The van der Waals surface area contributed by atoms with Crippen LogP contribution in [0.2, 0.25) is 12.6 Å². The van der Waals surface area contributed by atoms with Gasteiger partial charge in [-0.3, -0.25) is 0 Å². The summed E-state index contributed by atoms with van der Waals surface area (Å²) in [5.74, 6) is 0. The lowest BCUT2D eigenvalue weighted by atomic mass is 10.8. The van der Waals surface area contributed by atoms with Crippen LogP contribution in [-0.4, -0.2) is 35.4 Å². The van der Waals surface area contributed by atoms with E-state index in [4.69, 9.17) is 8.85 Å². The zero-order valence-corrected chi connectivity index (χ0v) is 9.64. The average molecular weight is 191 g/mol. The summed E-state index contributed by atoms with van der Waals surface area (Å²) >= 11 is 0. The molecule has 0 aromatic carbocycles. The van der Waals surface area contributed by atoms with Gasteiger partial charge in [-0.05, 0) is 34.0 Å². The fourth-order valence-corrected chi connectivity index (χ4v) is 3.45. The van der Waals surface area contributed by atoms with Crippen molar-refractivity contribution in [3.05, 3.63) is 0 Å². The molecule has 0 saturated heterocycles. The van der Waals surface area contributed by atoms with Crippen LogP contribution in [0.4, 0.5) is 0 Å². The second-order valence-corrected chi connectivity index (χ2v) is 6.20. The molecule has 0 saturated carbocycles.